The van der Waals surface area contributed by atoms with E-state index < -0.39 is 5.97 Å². The van der Waals surface area contributed by atoms with Crippen LogP contribution in [-0.4, -0.2) is 47.7 Å². The summed E-state index contributed by atoms with van der Waals surface area (Å²) in [5.41, 5.74) is -0.225. The van der Waals surface area contributed by atoms with Crippen LogP contribution in [0.3, 0.4) is 0 Å². The Morgan fingerprint density at radius 3 is 2.62 bits per heavy atom. The molecule has 1 aliphatic carbocycles. The molecule has 5 nitrogen and oxygen atoms in total. The molecule has 0 bridgehead atoms. The summed E-state index contributed by atoms with van der Waals surface area (Å²) in [6.07, 6.45) is 5.75. The zero-order valence-corrected chi connectivity index (χ0v) is 13.1. The zero-order chi connectivity index (χ0) is 15.5. The summed E-state index contributed by atoms with van der Waals surface area (Å²) in [5, 5.41) is 8.92. The molecule has 2 fully saturated rings. The van der Waals surface area contributed by atoms with E-state index in [0.29, 0.717) is 18.9 Å². The first-order valence-electron chi connectivity index (χ1n) is 8.00. The quantitative estimate of drug-likeness (QED) is 0.817. The lowest BCUT2D eigenvalue weighted by Gasteiger charge is -2.42. The van der Waals surface area contributed by atoms with Crippen LogP contribution >= 0.6 is 0 Å². The monoisotopic (exact) mass is 297 g/mol. The summed E-state index contributed by atoms with van der Waals surface area (Å²) in [7, 11) is 1.69. The number of hydrogen-bond acceptors (Lipinski definition) is 3. The molecular weight excluding hydrogens is 270 g/mol. The second kappa shape index (κ2) is 6.77. The number of carbonyl (C=O) groups excluding carboxylic acids is 1. The number of rotatable bonds is 6. The van der Waals surface area contributed by atoms with Gasteiger partial charge in [0.05, 0.1) is 12.0 Å². The van der Waals surface area contributed by atoms with Gasteiger partial charge in [-0.05, 0) is 43.9 Å². The van der Waals surface area contributed by atoms with Crippen molar-refractivity contribution in [3.63, 3.8) is 0 Å². The molecule has 0 aromatic rings. The van der Waals surface area contributed by atoms with Gasteiger partial charge in [0.25, 0.3) is 0 Å². The van der Waals surface area contributed by atoms with Crippen LogP contribution in [0.1, 0.15) is 51.9 Å². The van der Waals surface area contributed by atoms with Crippen LogP contribution in [0.15, 0.2) is 0 Å². The second-order valence-corrected chi connectivity index (χ2v) is 6.73. The number of likely N-dealkylation sites (tertiary alicyclic amines) is 1. The number of aliphatic carboxylic acids is 1. The Morgan fingerprint density at radius 1 is 1.38 bits per heavy atom. The van der Waals surface area contributed by atoms with Gasteiger partial charge in [-0.1, -0.05) is 6.92 Å². The largest absolute Gasteiger partial charge is 0.481 e. The lowest BCUT2D eigenvalue weighted by molar-refractivity contribution is -0.146. The number of carbonyl (C=O) groups is 2. The van der Waals surface area contributed by atoms with E-state index in [1.54, 1.807) is 7.11 Å². The third kappa shape index (κ3) is 3.96. The number of nitrogens with zero attached hydrogens (tertiary/aromatic N) is 1. The third-order valence-corrected chi connectivity index (χ3v) is 5.28. The first-order chi connectivity index (χ1) is 9.96. The fourth-order valence-electron chi connectivity index (χ4n) is 3.55. The molecule has 120 valence electrons. The Balaban J connectivity index is 1.88. The molecule has 0 radical (unpaired) electrons. The summed E-state index contributed by atoms with van der Waals surface area (Å²) in [4.78, 5) is 25.3. The van der Waals surface area contributed by atoms with Gasteiger partial charge in [0.15, 0.2) is 0 Å². The molecule has 1 heterocycles. The lowest BCUT2D eigenvalue weighted by atomic mass is 9.77. The van der Waals surface area contributed by atoms with E-state index in [-0.39, 0.29) is 23.8 Å². The van der Waals surface area contributed by atoms with Crippen LogP contribution < -0.4 is 0 Å². The number of piperidine rings is 1. The highest BCUT2D eigenvalue weighted by atomic mass is 16.5. The maximum atomic E-state index is 12.5. The van der Waals surface area contributed by atoms with Crippen molar-refractivity contribution in [1.82, 2.24) is 4.90 Å². The molecule has 1 saturated carbocycles. The fraction of sp³-hybridized carbons (Fsp3) is 0.875. The van der Waals surface area contributed by atoms with Crippen molar-refractivity contribution < 1.29 is 19.4 Å². The molecule has 2 rings (SSSR count). The Labute approximate surface area is 126 Å². The van der Waals surface area contributed by atoms with E-state index >= 15 is 0 Å². The number of carboxylic acids is 1. The van der Waals surface area contributed by atoms with Gasteiger partial charge in [-0.15, -0.1) is 0 Å². The van der Waals surface area contributed by atoms with Gasteiger partial charge in [0, 0.05) is 26.6 Å². The molecule has 1 aliphatic heterocycles. The SMILES string of the molecule is COC1(CC(=O)N2CCCC(C(C)CC(=O)O)C2)CCC1. The smallest absolute Gasteiger partial charge is 0.303 e. The van der Waals surface area contributed by atoms with Gasteiger partial charge >= 0.3 is 5.97 Å². The molecule has 21 heavy (non-hydrogen) atoms. The maximum absolute atomic E-state index is 12.5. The third-order valence-electron chi connectivity index (χ3n) is 5.28. The van der Waals surface area contributed by atoms with E-state index in [1.807, 2.05) is 11.8 Å². The van der Waals surface area contributed by atoms with Gasteiger partial charge in [0.2, 0.25) is 5.91 Å². The van der Waals surface area contributed by atoms with Gasteiger partial charge < -0.3 is 14.7 Å². The van der Waals surface area contributed by atoms with Gasteiger partial charge in [-0.3, -0.25) is 9.59 Å². The highest BCUT2D eigenvalue weighted by molar-refractivity contribution is 5.77. The summed E-state index contributed by atoms with van der Waals surface area (Å²) in [5.74, 6) is -0.153. The predicted molar refractivity (Wildman–Crippen MR) is 78.9 cm³/mol. The highest BCUT2D eigenvalue weighted by Gasteiger charge is 2.40. The molecule has 2 aliphatic rings. The van der Waals surface area contributed by atoms with Crippen LogP contribution in [0, 0.1) is 11.8 Å². The molecule has 5 heteroatoms. The van der Waals surface area contributed by atoms with Crippen molar-refractivity contribution in [2.24, 2.45) is 11.8 Å². The summed E-state index contributed by atoms with van der Waals surface area (Å²) in [6, 6.07) is 0. The molecule has 0 aromatic heterocycles. The topological polar surface area (TPSA) is 66.8 Å². The second-order valence-electron chi connectivity index (χ2n) is 6.73. The number of amides is 1. The van der Waals surface area contributed by atoms with Crippen LogP contribution in [0.5, 0.6) is 0 Å². The van der Waals surface area contributed by atoms with Crippen molar-refractivity contribution in [3.8, 4) is 0 Å². The first-order valence-corrected chi connectivity index (χ1v) is 8.00. The zero-order valence-electron chi connectivity index (χ0n) is 13.1. The minimum Gasteiger partial charge on any atom is -0.481 e. The maximum Gasteiger partial charge on any atom is 0.303 e. The van der Waals surface area contributed by atoms with Crippen molar-refractivity contribution >= 4 is 11.9 Å². The molecule has 1 N–H and O–H groups in total. The molecule has 1 saturated heterocycles. The minimum absolute atomic E-state index is 0.123. The molecule has 1 amide bonds. The predicted octanol–water partition coefficient (Wildman–Crippen LogP) is 2.29. The van der Waals surface area contributed by atoms with Crippen molar-refractivity contribution in [2.75, 3.05) is 20.2 Å². The van der Waals surface area contributed by atoms with Crippen molar-refractivity contribution in [1.29, 1.82) is 0 Å². The number of carboxylic acid groups (broad SMARTS) is 1. The van der Waals surface area contributed by atoms with Crippen LogP contribution in [0.25, 0.3) is 0 Å². The first kappa shape index (κ1) is 16.3. The normalized spacial score (nSPS) is 26.0. The standard InChI is InChI=1S/C16H27NO4/c1-12(9-15(19)20)13-5-3-8-17(11-13)14(18)10-16(21-2)6-4-7-16/h12-13H,3-11H2,1-2H3,(H,19,20). The average molecular weight is 297 g/mol. The highest BCUT2D eigenvalue weighted by Crippen LogP contribution is 2.39. The molecular formula is C16H27NO4. The van der Waals surface area contributed by atoms with Crippen molar-refractivity contribution in [2.45, 2.75) is 57.5 Å². The average Bonchev–Trinajstić information content (AvgIpc) is 2.42. The Bertz CT molecular complexity index is 386. The molecule has 0 aromatic carbocycles. The summed E-state index contributed by atoms with van der Waals surface area (Å²) < 4.78 is 5.54. The summed E-state index contributed by atoms with van der Waals surface area (Å²) >= 11 is 0. The van der Waals surface area contributed by atoms with E-state index in [0.717, 1.165) is 38.6 Å². The Morgan fingerprint density at radius 2 is 2.10 bits per heavy atom. The van der Waals surface area contributed by atoms with Gasteiger partial charge in [-0.25, -0.2) is 0 Å². The fourth-order valence-corrected chi connectivity index (χ4v) is 3.55. The van der Waals surface area contributed by atoms with E-state index in [4.69, 9.17) is 9.84 Å². The van der Waals surface area contributed by atoms with Crippen molar-refractivity contribution in [3.05, 3.63) is 0 Å². The Kier molecular flexibility index (Phi) is 5.25. The summed E-state index contributed by atoms with van der Waals surface area (Å²) in [6.45, 7) is 3.48. The van der Waals surface area contributed by atoms with Crippen LogP contribution in [-0.2, 0) is 14.3 Å². The lowest BCUT2D eigenvalue weighted by Crippen LogP contribution is -2.48. The van der Waals surface area contributed by atoms with Crippen LogP contribution in [0.2, 0.25) is 0 Å². The van der Waals surface area contributed by atoms with E-state index in [2.05, 4.69) is 0 Å². The van der Waals surface area contributed by atoms with E-state index in [9.17, 15) is 9.59 Å². The molecule has 0 spiro atoms. The molecule has 2 unspecified atom stereocenters. The van der Waals surface area contributed by atoms with E-state index in [1.165, 1.54) is 0 Å². The minimum atomic E-state index is -0.751. The number of ether oxygens (including phenoxy) is 1. The van der Waals surface area contributed by atoms with Gasteiger partial charge in [0.1, 0.15) is 0 Å². The number of hydrogen-bond donors (Lipinski definition) is 1. The number of methoxy groups -OCH3 is 1. The Hall–Kier alpha value is -1.10. The van der Waals surface area contributed by atoms with Gasteiger partial charge in [-0.2, -0.15) is 0 Å². The molecule has 2 atom stereocenters. The van der Waals surface area contributed by atoms with Crippen LogP contribution in [0.4, 0.5) is 0 Å².